The molecule has 0 bridgehead atoms. The van der Waals surface area contributed by atoms with Crippen molar-refractivity contribution in [2.75, 3.05) is 71.6 Å². The normalized spacial score (nSPS) is 18.7. The number of ether oxygens (including phenoxy) is 3. The van der Waals surface area contributed by atoms with Crippen LogP contribution in [0, 0.1) is 0 Å². The first-order valence-corrected chi connectivity index (χ1v) is 8.42. The van der Waals surface area contributed by atoms with Gasteiger partial charge in [0.05, 0.1) is 27.4 Å². The third-order valence-electron chi connectivity index (χ3n) is 4.28. The molecule has 2 fully saturated rings. The summed E-state index contributed by atoms with van der Waals surface area (Å²) < 4.78 is 15.5. The Bertz CT molecular complexity index is 573. The number of methoxy groups -OCH3 is 2. The molecule has 0 atom stereocenters. The first-order chi connectivity index (χ1) is 12.2. The van der Waals surface area contributed by atoms with Gasteiger partial charge in [0.25, 0.3) is 0 Å². The first kappa shape index (κ1) is 17.5. The average molecular weight is 352 g/mol. The van der Waals surface area contributed by atoms with Crippen LogP contribution in [-0.2, 0) is 4.74 Å². The van der Waals surface area contributed by atoms with Crippen LogP contribution >= 0.6 is 0 Å². The molecule has 2 aliphatic rings. The highest BCUT2D eigenvalue weighted by atomic mass is 16.5. The second-order valence-corrected chi connectivity index (χ2v) is 5.82. The fraction of sp³-hybridized carbons (Fsp3) is 0.733. The molecule has 10 nitrogen and oxygen atoms in total. The molecular formula is C15H24N6O4. The molecule has 0 N–H and O–H groups in total. The molecule has 0 saturated carbocycles. The maximum Gasteiger partial charge on any atom is 0.324 e. The fourth-order valence-corrected chi connectivity index (χ4v) is 2.92. The molecule has 25 heavy (non-hydrogen) atoms. The number of hydrogen-bond donors (Lipinski definition) is 0. The van der Waals surface area contributed by atoms with Gasteiger partial charge < -0.3 is 28.9 Å². The minimum absolute atomic E-state index is 0.0796. The van der Waals surface area contributed by atoms with Crippen LogP contribution in [0.3, 0.4) is 0 Å². The molecule has 0 unspecified atom stereocenters. The molecule has 0 spiro atoms. The summed E-state index contributed by atoms with van der Waals surface area (Å²) in [7, 11) is 3.01. The third kappa shape index (κ3) is 4.19. The molecule has 1 aromatic rings. The lowest BCUT2D eigenvalue weighted by Gasteiger charge is -2.32. The van der Waals surface area contributed by atoms with Crippen LogP contribution in [0.2, 0.25) is 0 Å². The SMILES string of the molecule is COc1nc(OC)nc(N2CCCN(C(=O)N3CCOCC3)CC2)n1. The minimum Gasteiger partial charge on any atom is -0.467 e. The monoisotopic (exact) mass is 352 g/mol. The van der Waals surface area contributed by atoms with Crippen molar-refractivity contribution in [2.24, 2.45) is 0 Å². The Morgan fingerprint density at radius 2 is 1.52 bits per heavy atom. The van der Waals surface area contributed by atoms with Crippen molar-refractivity contribution in [3.05, 3.63) is 0 Å². The van der Waals surface area contributed by atoms with E-state index in [4.69, 9.17) is 14.2 Å². The van der Waals surface area contributed by atoms with Crippen molar-refractivity contribution in [3.8, 4) is 12.0 Å². The number of anilines is 1. The largest absolute Gasteiger partial charge is 0.467 e. The van der Waals surface area contributed by atoms with Gasteiger partial charge in [-0.3, -0.25) is 0 Å². The summed E-state index contributed by atoms with van der Waals surface area (Å²) in [6, 6.07) is 0.510. The Kier molecular flexibility index (Phi) is 5.69. The highest BCUT2D eigenvalue weighted by molar-refractivity contribution is 5.74. The van der Waals surface area contributed by atoms with Crippen LogP contribution in [-0.4, -0.2) is 97.5 Å². The van der Waals surface area contributed by atoms with E-state index in [1.165, 1.54) is 14.2 Å². The molecule has 3 heterocycles. The van der Waals surface area contributed by atoms with E-state index in [0.29, 0.717) is 51.9 Å². The van der Waals surface area contributed by atoms with Crippen LogP contribution in [0.15, 0.2) is 0 Å². The zero-order valence-electron chi connectivity index (χ0n) is 14.7. The van der Waals surface area contributed by atoms with E-state index >= 15 is 0 Å². The van der Waals surface area contributed by atoms with Crippen molar-refractivity contribution in [1.82, 2.24) is 24.8 Å². The Morgan fingerprint density at radius 1 is 0.880 bits per heavy atom. The molecule has 0 aromatic carbocycles. The predicted molar refractivity (Wildman–Crippen MR) is 89.1 cm³/mol. The van der Waals surface area contributed by atoms with E-state index in [0.717, 1.165) is 13.0 Å². The summed E-state index contributed by atoms with van der Waals surface area (Å²) in [5.41, 5.74) is 0. The smallest absolute Gasteiger partial charge is 0.324 e. The van der Waals surface area contributed by atoms with Crippen LogP contribution in [0.5, 0.6) is 12.0 Å². The zero-order valence-corrected chi connectivity index (χ0v) is 14.7. The maximum absolute atomic E-state index is 12.6. The number of amides is 2. The number of nitrogens with zero attached hydrogens (tertiary/aromatic N) is 6. The lowest BCUT2D eigenvalue weighted by atomic mass is 10.4. The number of hydrogen-bond acceptors (Lipinski definition) is 8. The van der Waals surface area contributed by atoms with Gasteiger partial charge >= 0.3 is 18.1 Å². The molecule has 138 valence electrons. The summed E-state index contributed by atoms with van der Waals surface area (Å²) in [6.07, 6.45) is 0.840. The van der Waals surface area contributed by atoms with E-state index in [-0.39, 0.29) is 18.1 Å². The second-order valence-electron chi connectivity index (χ2n) is 5.82. The molecule has 1 aromatic heterocycles. The van der Waals surface area contributed by atoms with Gasteiger partial charge in [-0.1, -0.05) is 0 Å². The zero-order chi connectivity index (χ0) is 17.6. The Labute approximate surface area is 146 Å². The van der Waals surface area contributed by atoms with Gasteiger partial charge in [-0.15, -0.1) is 4.98 Å². The number of rotatable bonds is 3. The number of morpholine rings is 1. The van der Waals surface area contributed by atoms with Crippen molar-refractivity contribution >= 4 is 12.0 Å². The minimum atomic E-state index is 0.0796. The highest BCUT2D eigenvalue weighted by Gasteiger charge is 2.26. The molecule has 3 rings (SSSR count). The molecule has 2 saturated heterocycles. The third-order valence-corrected chi connectivity index (χ3v) is 4.28. The molecular weight excluding hydrogens is 328 g/mol. The summed E-state index contributed by atoms with van der Waals surface area (Å²) in [6.45, 7) is 5.25. The van der Waals surface area contributed by atoms with Gasteiger partial charge in [0.1, 0.15) is 0 Å². The van der Waals surface area contributed by atoms with E-state index in [1.807, 2.05) is 14.7 Å². The van der Waals surface area contributed by atoms with Crippen LogP contribution in [0.4, 0.5) is 10.7 Å². The summed E-state index contributed by atoms with van der Waals surface area (Å²) >= 11 is 0. The summed E-state index contributed by atoms with van der Waals surface area (Å²) in [5.74, 6) is 0.504. The first-order valence-electron chi connectivity index (χ1n) is 8.42. The summed E-state index contributed by atoms with van der Waals surface area (Å²) in [4.78, 5) is 31.0. The van der Waals surface area contributed by atoms with Crippen LogP contribution in [0.1, 0.15) is 6.42 Å². The summed E-state index contributed by atoms with van der Waals surface area (Å²) in [5, 5.41) is 0. The Hall–Kier alpha value is -2.36. The van der Waals surface area contributed by atoms with Crippen LogP contribution in [0.25, 0.3) is 0 Å². The number of aromatic nitrogens is 3. The van der Waals surface area contributed by atoms with E-state index < -0.39 is 0 Å². The van der Waals surface area contributed by atoms with Crippen molar-refractivity contribution in [2.45, 2.75) is 6.42 Å². The maximum atomic E-state index is 12.6. The topological polar surface area (TPSA) is 93.2 Å². The Balaban J connectivity index is 1.66. The van der Waals surface area contributed by atoms with Gasteiger partial charge in [-0.05, 0) is 6.42 Å². The Morgan fingerprint density at radius 3 is 2.16 bits per heavy atom. The van der Waals surface area contributed by atoms with Gasteiger partial charge in [0.15, 0.2) is 0 Å². The van der Waals surface area contributed by atoms with Crippen LogP contribution < -0.4 is 14.4 Å². The van der Waals surface area contributed by atoms with Gasteiger partial charge in [0, 0.05) is 39.3 Å². The van der Waals surface area contributed by atoms with E-state index in [9.17, 15) is 4.79 Å². The van der Waals surface area contributed by atoms with Gasteiger partial charge in [0.2, 0.25) is 5.95 Å². The fourth-order valence-electron chi connectivity index (χ4n) is 2.92. The number of carbonyl (C=O) groups is 1. The van der Waals surface area contributed by atoms with E-state index in [1.54, 1.807) is 0 Å². The second kappa shape index (κ2) is 8.15. The lowest BCUT2D eigenvalue weighted by Crippen LogP contribution is -2.49. The highest BCUT2D eigenvalue weighted by Crippen LogP contribution is 2.18. The van der Waals surface area contributed by atoms with Gasteiger partial charge in [-0.25, -0.2) is 4.79 Å². The van der Waals surface area contributed by atoms with E-state index in [2.05, 4.69) is 15.0 Å². The quantitative estimate of drug-likeness (QED) is 0.742. The van der Waals surface area contributed by atoms with Crippen molar-refractivity contribution < 1.29 is 19.0 Å². The van der Waals surface area contributed by atoms with Crippen molar-refractivity contribution in [1.29, 1.82) is 0 Å². The number of urea groups is 1. The molecule has 2 aliphatic heterocycles. The molecule has 0 aliphatic carbocycles. The number of carbonyl (C=O) groups excluding carboxylic acids is 1. The average Bonchev–Trinajstić information content (AvgIpc) is 2.94. The predicted octanol–water partition coefficient (Wildman–Crippen LogP) is -0.147. The lowest BCUT2D eigenvalue weighted by molar-refractivity contribution is 0.0438. The van der Waals surface area contributed by atoms with Gasteiger partial charge in [-0.2, -0.15) is 9.97 Å². The molecule has 10 heteroatoms. The van der Waals surface area contributed by atoms with Crippen molar-refractivity contribution in [3.63, 3.8) is 0 Å². The standard InChI is InChI=1S/C15H24N6O4/c1-23-13-16-12(17-14(18-13)24-2)19-4-3-5-20(7-6-19)15(22)21-8-10-25-11-9-21/h3-11H2,1-2H3. The molecule has 0 radical (unpaired) electrons. The molecule has 2 amide bonds.